The molecule has 0 fully saturated rings. The molecule has 0 aliphatic rings. The Kier molecular flexibility index (Phi) is 5.11. The molecule has 0 saturated carbocycles. The number of aromatic nitrogens is 4. The highest BCUT2D eigenvalue weighted by Gasteiger charge is 2.24. The van der Waals surface area contributed by atoms with Gasteiger partial charge in [-0.1, -0.05) is 32.4 Å². The maximum atomic E-state index is 12.8. The van der Waals surface area contributed by atoms with Crippen LogP contribution in [0.2, 0.25) is 0 Å². The summed E-state index contributed by atoms with van der Waals surface area (Å²) in [6.45, 7) is 8.20. The Morgan fingerprint density at radius 2 is 2.04 bits per heavy atom. The van der Waals surface area contributed by atoms with Crippen LogP contribution in [0.3, 0.4) is 0 Å². The van der Waals surface area contributed by atoms with Crippen LogP contribution in [0.4, 0.5) is 0 Å². The molecule has 2 N–H and O–H groups in total. The number of carbonyl (C=O) groups excluding carboxylic acids is 1. The number of aryl methyl sites for hydroxylation is 2. The van der Waals surface area contributed by atoms with E-state index in [1.165, 1.54) is 0 Å². The molecule has 2 aromatic heterocycles. The third-order valence-corrected chi connectivity index (χ3v) is 5.23. The first kappa shape index (κ1) is 18.2. The predicted octanol–water partition coefficient (Wildman–Crippen LogP) is 3.36. The maximum Gasteiger partial charge on any atom is 0.225 e. The third-order valence-electron chi connectivity index (χ3n) is 5.23. The molecule has 2 heterocycles. The van der Waals surface area contributed by atoms with Gasteiger partial charge in [-0.2, -0.15) is 5.10 Å². The number of aromatic amines is 1. The Morgan fingerprint density at radius 3 is 2.65 bits per heavy atom. The van der Waals surface area contributed by atoms with Gasteiger partial charge in [-0.05, 0) is 31.9 Å². The summed E-state index contributed by atoms with van der Waals surface area (Å²) in [5.41, 5.74) is 4.84. The van der Waals surface area contributed by atoms with E-state index in [4.69, 9.17) is 4.98 Å². The molecule has 3 rings (SSSR count). The average Bonchev–Trinajstić information content (AvgIpc) is 3.15. The topological polar surface area (TPSA) is 75.6 Å². The molecule has 0 aliphatic carbocycles. The normalized spacial score (nSPS) is 13.7. The van der Waals surface area contributed by atoms with Crippen molar-refractivity contribution in [1.29, 1.82) is 0 Å². The molecule has 0 spiro atoms. The van der Waals surface area contributed by atoms with E-state index in [0.717, 1.165) is 40.2 Å². The Morgan fingerprint density at radius 1 is 1.31 bits per heavy atom. The molecule has 6 nitrogen and oxygen atoms in total. The van der Waals surface area contributed by atoms with E-state index in [9.17, 15) is 4.79 Å². The van der Waals surface area contributed by atoms with E-state index in [0.29, 0.717) is 6.42 Å². The Labute approximate surface area is 154 Å². The van der Waals surface area contributed by atoms with Crippen molar-refractivity contribution in [3.05, 3.63) is 47.0 Å². The lowest BCUT2D eigenvalue weighted by molar-refractivity contribution is -0.121. The first-order chi connectivity index (χ1) is 12.4. The first-order valence-electron chi connectivity index (χ1n) is 9.13. The molecule has 0 bridgehead atoms. The lowest BCUT2D eigenvalue weighted by atomic mass is 9.98. The van der Waals surface area contributed by atoms with Crippen LogP contribution >= 0.6 is 0 Å². The van der Waals surface area contributed by atoms with Gasteiger partial charge in [0.25, 0.3) is 0 Å². The summed E-state index contributed by atoms with van der Waals surface area (Å²) in [5.74, 6) is 1.08. The van der Waals surface area contributed by atoms with E-state index in [2.05, 4.69) is 29.2 Å². The summed E-state index contributed by atoms with van der Waals surface area (Å²) in [4.78, 5) is 20.8. The van der Waals surface area contributed by atoms with Crippen molar-refractivity contribution in [1.82, 2.24) is 25.1 Å². The summed E-state index contributed by atoms with van der Waals surface area (Å²) in [6.07, 6.45) is 1.28. The summed E-state index contributed by atoms with van der Waals surface area (Å²) in [5, 5.41) is 7.59. The fourth-order valence-corrected chi connectivity index (χ4v) is 3.29. The second kappa shape index (κ2) is 7.32. The molecule has 0 saturated heterocycles. The van der Waals surface area contributed by atoms with Crippen LogP contribution in [-0.4, -0.2) is 25.7 Å². The van der Waals surface area contributed by atoms with Crippen LogP contribution in [0.1, 0.15) is 49.1 Å². The van der Waals surface area contributed by atoms with Crippen molar-refractivity contribution in [3.8, 4) is 0 Å². The number of hydrogen-bond donors (Lipinski definition) is 2. The number of fused-ring (bicyclic) bond motifs is 1. The number of imidazole rings is 1. The summed E-state index contributed by atoms with van der Waals surface area (Å²) < 4.78 is 1.82. The smallest absolute Gasteiger partial charge is 0.225 e. The van der Waals surface area contributed by atoms with Crippen molar-refractivity contribution in [2.75, 3.05) is 0 Å². The summed E-state index contributed by atoms with van der Waals surface area (Å²) >= 11 is 0. The van der Waals surface area contributed by atoms with Gasteiger partial charge in [0.1, 0.15) is 5.82 Å². The van der Waals surface area contributed by atoms with E-state index in [1.807, 2.05) is 49.8 Å². The molecule has 0 radical (unpaired) electrons. The lowest BCUT2D eigenvalue weighted by Gasteiger charge is -2.22. The van der Waals surface area contributed by atoms with Gasteiger partial charge in [-0.3, -0.25) is 9.48 Å². The average molecular weight is 353 g/mol. The molecule has 2 atom stereocenters. The number of para-hydroxylation sites is 2. The van der Waals surface area contributed by atoms with Gasteiger partial charge in [0.2, 0.25) is 5.91 Å². The number of hydrogen-bond acceptors (Lipinski definition) is 3. The van der Waals surface area contributed by atoms with Gasteiger partial charge < -0.3 is 10.3 Å². The van der Waals surface area contributed by atoms with E-state index in [1.54, 1.807) is 0 Å². The van der Waals surface area contributed by atoms with Crippen molar-refractivity contribution in [3.63, 3.8) is 0 Å². The monoisotopic (exact) mass is 353 g/mol. The van der Waals surface area contributed by atoms with Gasteiger partial charge in [0, 0.05) is 18.3 Å². The molecule has 1 aromatic carbocycles. The Balaban J connectivity index is 1.83. The van der Waals surface area contributed by atoms with Gasteiger partial charge in [0.05, 0.1) is 29.2 Å². The second-order valence-electron chi connectivity index (χ2n) is 7.02. The minimum absolute atomic E-state index is 0.00467. The fraction of sp³-hybridized carbons (Fsp3) is 0.450. The standard InChI is InChI=1S/C20H27N5O/c1-6-12(2)19(20-21-16-9-7-8-10-17(16)22-20)23-18(26)11-15-13(3)24-25(5)14(15)4/h7-10,12,19H,6,11H2,1-5H3,(H,21,22)(H,23,26)/t12-,19+/m0/s1. The number of rotatable bonds is 6. The molecule has 26 heavy (non-hydrogen) atoms. The van der Waals surface area contributed by atoms with Crippen molar-refractivity contribution < 1.29 is 4.79 Å². The van der Waals surface area contributed by atoms with E-state index >= 15 is 0 Å². The number of amides is 1. The highest BCUT2D eigenvalue weighted by atomic mass is 16.1. The first-order valence-corrected chi connectivity index (χ1v) is 9.13. The fourth-order valence-electron chi connectivity index (χ4n) is 3.29. The molecular formula is C20H27N5O. The van der Waals surface area contributed by atoms with Crippen LogP contribution in [0.25, 0.3) is 11.0 Å². The van der Waals surface area contributed by atoms with E-state index < -0.39 is 0 Å². The van der Waals surface area contributed by atoms with Crippen LogP contribution in [-0.2, 0) is 18.3 Å². The highest BCUT2D eigenvalue weighted by molar-refractivity contribution is 5.80. The molecule has 0 unspecified atom stereocenters. The zero-order valence-electron chi connectivity index (χ0n) is 16.1. The van der Waals surface area contributed by atoms with Crippen LogP contribution < -0.4 is 5.32 Å². The van der Waals surface area contributed by atoms with Crippen LogP contribution in [0.15, 0.2) is 24.3 Å². The number of benzene rings is 1. The number of H-pyrrole nitrogens is 1. The van der Waals surface area contributed by atoms with Crippen LogP contribution in [0, 0.1) is 19.8 Å². The van der Waals surface area contributed by atoms with Gasteiger partial charge in [-0.15, -0.1) is 0 Å². The zero-order valence-corrected chi connectivity index (χ0v) is 16.1. The van der Waals surface area contributed by atoms with Crippen molar-refractivity contribution >= 4 is 16.9 Å². The highest BCUT2D eigenvalue weighted by Crippen LogP contribution is 2.25. The van der Waals surface area contributed by atoms with Gasteiger partial charge in [0.15, 0.2) is 0 Å². The maximum absolute atomic E-state index is 12.8. The van der Waals surface area contributed by atoms with Gasteiger partial charge >= 0.3 is 0 Å². The Bertz CT molecular complexity index is 891. The number of nitrogens with one attached hydrogen (secondary N) is 2. The van der Waals surface area contributed by atoms with Crippen LogP contribution in [0.5, 0.6) is 0 Å². The molecule has 138 valence electrons. The number of nitrogens with zero attached hydrogens (tertiary/aromatic N) is 3. The molecule has 3 aromatic rings. The minimum atomic E-state index is -0.141. The lowest BCUT2D eigenvalue weighted by Crippen LogP contribution is -2.34. The third kappa shape index (κ3) is 3.49. The molecular weight excluding hydrogens is 326 g/mol. The molecule has 1 amide bonds. The quantitative estimate of drug-likeness (QED) is 0.713. The summed E-state index contributed by atoms with van der Waals surface area (Å²) in [6, 6.07) is 7.79. The molecule has 0 aliphatic heterocycles. The van der Waals surface area contributed by atoms with Gasteiger partial charge in [-0.25, -0.2) is 4.98 Å². The summed E-state index contributed by atoms with van der Waals surface area (Å²) in [7, 11) is 1.90. The zero-order chi connectivity index (χ0) is 18.8. The largest absolute Gasteiger partial charge is 0.346 e. The van der Waals surface area contributed by atoms with Crippen molar-refractivity contribution in [2.45, 2.75) is 46.6 Å². The van der Waals surface area contributed by atoms with Crippen molar-refractivity contribution in [2.24, 2.45) is 13.0 Å². The minimum Gasteiger partial charge on any atom is -0.346 e. The van der Waals surface area contributed by atoms with E-state index in [-0.39, 0.29) is 17.9 Å². The number of carbonyl (C=O) groups is 1. The SMILES string of the molecule is CC[C@H](C)[C@@H](NC(=O)Cc1c(C)nn(C)c1C)c1nc2ccccc2[nH]1. The Hall–Kier alpha value is -2.63. The predicted molar refractivity (Wildman–Crippen MR) is 103 cm³/mol. The molecule has 6 heteroatoms. The second-order valence-corrected chi connectivity index (χ2v) is 7.02.